The molecule has 6 heteroatoms. The minimum Gasteiger partial charge on any atom is -0.493 e. The van der Waals surface area contributed by atoms with E-state index in [0.717, 1.165) is 4.47 Å². The molecule has 1 saturated heterocycles. The van der Waals surface area contributed by atoms with Crippen molar-refractivity contribution in [1.29, 1.82) is 10.5 Å². The van der Waals surface area contributed by atoms with E-state index >= 15 is 0 Å². The van der Waals surface area contributed by atoms with Crippen molar-refractivity contribution in [2.75, 3.05) is 19.8 Å². The summed E-state index contributed by atoms with van der Waals surface area (Å²) < 4.78 is 17.2. The maximum Gasteiger partial charge on any atom is 0.161 e. The molecule has 1 aromatic carbocycles. The van der Waals surface area contributed by atoms with Gasteiger partial charge in [0.15, 0.2) is 6.29 Å². The third-order valence-corrected chi connectivity index (χ3v) is 3.31. The highest BCUT2D eigenvalue weighted by Crippen LogP contribution is 2.26. The minimum absolute atomic E-state index is 0.0282. The van der Waals surface area contributed by atoms with Gasteiger partial charge >= 0.3 is 0 Å². The van der Waals surface area contributed by atoms with E-state index in [1.165, 1.54) is 6.08 Å². The van der Waals surface area contributed by atoms with Gasteiger partial charge in [0.25, 0.3) is 0 Å². The largest absolute Gasteiger partial charge is 0.493 e. The van der Waals surface area contributed by atoms with Crippen LogP contribution in [0.4, 0.5) is 0 Å². The van der Waals surface area contributed by atoms with Crippen LogP contribution in [0.1, 0.15) is 12.0 Å². The van der Waals surface area contributed by atoms with Crippen LogP contribution in [0.15, 0.2) is 28.2 Å². The normalized spacial score (nSPS) is 14.2. The van der Waals surface area contributed by atoms with Gasteiger partial charge < -0.3 is 14.2 Å². The molecule has 1 fully saturated rings. The predicted molar refractivity (Wildman–Crippen MR) is 79.1 cm³/mol. The van der Waals surface area contributed by atoms with Gasteiger partial charge in [-0.1, -0.05) is 15.9 Å². The number of benzene rings is 1. The van der Waals surface area contributed by atoms with Crippen LogP contribution in [0.5, 0.6) is 5.75 Å². The molecule has 5 nitrogen and oxygen atoms in total. The molecular weight excluding hydrogens is 336 g/mol. The quantitative estimate of drug-likeness (QED) is 0.764. The molecule has 0 spiro atoms. The summed E-state index contributed by atoms with van der Waals surface area (Å²) in [5, 5.41) is 17.7. The Bertz CT molecular complexity index is 594. The van der Waals surface area contributed by atoms with E-state index in [9.17, 15) is 0 Å². The molecule has 1 aliphatic heterocycles. The van der Waals surface area contributed by atoms with E-state index in [-0.39, 0.29) is 11.9 Å². The monoisotopic (exact) mass is 348 g/mol. The first kappa shape index (κ1) is 15.5. The van der Waals surface area contributed by atoms with Crippen molar-refractivity contribution in [3.63, 3.8) is 0 Å². The third kappa shape index (κ3) is 4.57. The smallest absolute Gasteiger partial charge is 0.161 e. The van der Waals surface area contributed by atoms with Crippen molar-refractivity contribution in [2.45, 2.75) is 12.7 Å². The number of rotatable bonds is 5. The second kappa shape index (κ2) is 7.80. The van der Waals surface area contributed by atoms with Crippen LogP contribution in [0.2, 0.25) is 0 Å². The van der Waals surface area contributed by atoms with Gasteiger partial charge in [0.1, 0.15) is 23.5 Å². The molecule has 0 aromatic heterocycles. The molecule has 1 aromatic rings. The van der Waals surface area contributed by atoms with Gasteiger partial charge in [-0.25, -0.2) is 0 Å². The topological polar surface area (TPSA) is 75.3 Å². The fraction of sp³-hybridized carbons (Fsp3) is 0.333. The highest BCUT2D eigenvalue weighted by Gasteiger charge is 2.15. The Morgan fingerprint density at radius 2 is 2.05 bits per heavy atom. The molecule has 0 atom stereocenters. The van der Waals surface area contributed by atoms with Gasteiger partial charge in [-0.15, -0.1) is 0 Å². The molecule has 0 N–H and O–H groups in total. The first-order valence-corrected chi connectivity index (χ1v) is 7.19. The van der Waals surface area contributed by atoms with Crippen LogP contribution >= 0.6 is 15.9 Å². The lowest BCUT2D eigenvalue weighted by Gasteiger charge is -2.12. The van der Waals surface area contributed by atoms with Crippen LogP contribution in [0.3, 0.4) is 0 Å². The molecular formula is C15H13BrN2O3. The van der Waals surface area contributed by atoms with E-state index < -0.39 is 0 Å². The standard InChI is InChI=1S/C15H13BrN2O3/c16-13-1-2-14(12(8-13)7-11(9-17)10-18)19-4-3-15-20-5-6-21-15/h1-2,7-8,15H,3-6H2. The van der Waals surface area contributed by atoms with Crippen molar-refractivity contribution in [1.82, 2.24) is 0 Å². The third-order valence-electron chi connectivity index (χ3n) is 2.81. The van der Waals surface area contributed by atoms with Crippen molar-refractivity contribution in [3.8, 4) is 17.9 Å². The van der Waals surface area contributed by atoms with Gasteiger partial charge in [0.2, 0.25) is 0 Å². The first-order chi connectivity index (χ1) is 10.2. The van der Waals surface area contributed by atoms with Gasteiger partial charge in [0.05, 0.1) is 19.8 Å². The minimum atomic E-state index is -0.215. The summed E-state index contributed by atoms with van der Waals surface area (Å²) in [4.78, 5) is 0. The Labute approximate surface area is 131 Å². The number of nitriles is 2. The number of ether oxygens (including phenoxy) is 3. The molecule has 1 heterocycles. The fourth-order valence-electron chi connectivity index (χ4n) is 1.85. The predicted octanol–water partition coefficient (Wildman–Crippen LogP) is 3.02. The van der Waals surface area contributed by atoms with Crippen molar-refractivity contribution in [3.05, 3.63) is 33.8 Å². The van der Waals surface area contributed by atoms with Crippen LogP contribution in [0.25, 0.3) is 6.08 Å². The molecule has 0 bridgehead atoms. The molecule has 0 aliphatic carbocycles. The lowest BCUT2D eigenvalue weighted by Crippen LogP contribution is -2.12. The molecule has 1 aliphatic rings. The number of halogens is 1. The van der Waals surface area contributed by atoms with Gasteiger partial charge in [0, 0.05) is 16.5 Å². The first-order valence-electron chi connectivity index (χ1n) is 6.40. The van der Waals surface area contributed by atoms with E-state index in [2.05, 4.69) is 15.9 Å². The van der Waals surface area contributed by atoms with Gasteiger partial charge in [-0.05, 0) is 24.3 Å². The highest BCUT2D eigenvalue weighted by atomic mass is 79.9. The number of allylic oxidation sites excluding steroid dienone is 1. The molecule has 0 radical (unpaired) electrons. The van der Waals surface area contributed by atoms with Crippen molar-refractivity contribution in [2.24, 2.45) is 0 Å². The SMILES string of the molecule is N#CC(C#N)=Cc1cc(Br)ccc1OCCC1OCCO1. The van der Waals surface area contributed by atoms with Gasteiger partial charge in [-0.2, -0.15) is 10.5 Å². The van der Waals surface area contributed by atoms with Crippen LogP contribution in [0, 0.1) is 22.7 Å². The Kier molecular flexibility index (Phi) is 5.77. The lowest BCUT2D eigenvalue weighted by molar-refractivity contribution is -0.0531. The second-order valence-corrected chi connectivity index (χ2v) is 5.19. The average Bonchev–Trinajstić information content (AvgIpc) is 3.00. The van der Waals surface area contributed by atoms with Crippen LogP contribution in [-0.2, 0) is 9.47 Å². The fourth-order valence-corrected chi connectivity index (χ4v) is 2.23. The summed E-state index contributed by atoms with van der Waals surface area (Å²) in [5.41, 5.74) is 0.705. The molecule has 0 unspecified atom stereocenters. The summed E-state index contributed by atoms with van der Waals surface area (Å²) >= 11 is 3.36. The Balaban J connectivity index is 2.06. The molecule has 0 saturated carbocycles. The molecule has 21 heavy (non-hydrogen) atoms. The van der Waals surface area contributed by atoms with E-state index in [1.807, 2.05) is 18.2 Å². The zero-order chi connectivity index (χ0) is 15.1. The summed E-state index contributed by atoms with van der Waals surface area (Å²) in [6.45, 7) is 1.66. The van der Waals surface area contributed by atoms with Crippen LogP contribution in [-0.4, -0.2) is 26.1 Å². The molecule has 0 amide bonds. The number of nitrogens with zero attached hydrogens (tertiary/aromatic N) is 2. The van der Waals surface area contributed by atoms with E-state index in [0.29, 0.717) is 37.6 Å². The number of hydrogen-bond donors (Lipinski definition) is 0. The maximum absolute atomic E-state index is 8.84. The lowest BCUT2D eigenvalue weighted by atomic mass is 10.1. The van der Waals surface area contributed by atoms with Gasteiger partial charge in [-0.3, -0.25) is 0 Å². The summed E-state index contributed by atoms with van der Waals surface area (Å²) in [7, 11) is 0. The number of hydrogen-bond acceptors (Lipinski definition) is 5. The zero-order valence-electron chi connectivity index (χ0n) is 11.2. The molecule has 2 rings (SSSR count). The maximum atomic E-state index is 8.84. The second-order valence-electron chi connectivity index (χ2n) is 4.27. The van der Waals surface area contributed by atoms with Crippen molar-refractivity contribution < 1.29 is 14.2 Å². The summed E-state index contributed by atoms with van der Waals surface area (Å²) in [6.07, 6.45) is 1.92. The average molecular weight is 349 g/mol. The molecule has 108 valence electrons. The van der Waals surface area contributed by atoms with Crippen LogP contribution < -0.4 is 4.74 Å². The summed E-state index contributed by atoms with van der Waals surface area (Å²) in [6, 6.07) is 9.10. The highest BCUT2D eigenvalue weighted by molar-refractivity contribution is 9.10. The Morgan fingerprint density at radius 1 is 1.33 bits per heavy atom. The van der Waals surface area contributed by atoms with Crippen molar-refractivity contribution >= 4 is 22.0 Å². The van der Waals surface area contributed by atoms with E-state index in [1.54, 1.807) is 12.1 Å². The Hall–Kier alpha value is -1.86. The zero-order valence-corrected chi connectivity index (χ0v) is 12.8. The van der Waals surface area contributed by atoms with E-state index in [4.69, 9.17) is 24.7 Å². The Morgan fingerprint density at radius 3 is 2.71 bits per heavy atom. The summed E-state index contributed by atoms with van der Waals surface area (Å²) in [5.74, 6) is 0.610.